The molecule has 1 aliphatic heterocycles. The third kappa shape index (κ3) is 5.04. The zero-order valence-corrected chi connectivity index (χ0v) is 22.3. The van der Waals surface area contributed by atoms with E-state index in [1.807, 2.05) is 0 Å². The molecule has 1 saturated carbocycles. The molecule has 1 atom stereocenters. The SMILES string of the molecule is O=C(N[C@H]1CC[C@H](CN2C(=O)C(O)(c3cccc(Cl)c3F)c3ccccc32)CC1)c1cc(Cl)cnc1C(F)(F)F. The molecule has 2 N–H and O–H groups in total. The number of para-hydroxylation sites is 1. The highest BCUT2D eigenvalue weighted by Crippen LogP contribution is 2.46. The number of carbonyl (C=O) groups is 2. The third-order valence-corrected chi connectivity index (χ3v) is 7.97. The molecule has 1 unspecified atom stereocenters. The van der Waals surface area contributed by atoms with Crippen molar-refractivity contribution in [3.8, 4) is 0 Å². The molecule has 2 aromatic carbocycles. The second-order valence-electron chi connectivity index (χ2n) is 9.98. The first-order chi connectivity index (χ1) is 18.9. The monoisotopic (exact) mass is 595 g/mol. The number of carbonyl (C=O) groups excluding carboxylic acids is 2. The van der Waals surface area contributed by atoms with Crippen molar-refractivity contribution in [2.45, 2.75) is 43.5 Å². The number of hydrogen-bond acceptors (Lipinski definition) is 4. The summed E-state index contributed by atoms with van der Waals surface area (Å²) in [6.45, 7) is 0.234. The Hall–Kier alpha value is -3.21. The number of pyridine rings is 1. The summed E-state index contributed by atoms with van der Waals surface area (Å²) in [6.07, 6.45) is -1.94. The van der Waals surface area contributed by atoms with Crippen LogP contribution < -0.4 is 10.2 Å². The summed E-state index contributed by atoms with van der Waals surface area (Å²) in [5, 5.41) is 13.9. The normalized spacial score (nSPS) is 22.8. The number of benzene rings is 2. The summed E-state index contributed by atoms with van der Waals surface area (Å²) < 4.78 is 55.0. The van der Waals surface area contributed by atoms with Crippen molar-refractivity contribution in [3.05, 3.63) is 93.0 Å². The van der Waals surface area contributed by atoms with Gasteiger partial charge in [0.25, 0.3) is 11.8 Å². The van der Waals surface area contributed by atoms with Crippen molar-refractivity contribution < 1.29 is 32.3 Å². The lowest BCUT2D eigenvalue weighted by atomic mass is 9.85. The first kappa shape index (κ1) is 28.3. The molecule has 1 aromatic heterocycles. The van der Waals surface area contributed by atoms with Gasteiger partial charge in [0.15, 0.2) is 11.3 Å². The van der Waals surface area contributed by atoms with Crippen molar-refractivity contribution in [1.29, 1.82) is 0 Å². The van der Waals surface area contributed by atoms with Gasteiger partial charge in [-0.1, -0.05) is 53.5 Å². The Kier molecular flexibility index (Phi) is 7.54. The minimum atomic E-state index is -4.82. The van der Waals surface area contributed by atoms with Crippen molar-refractivity contribution in [3.63, 3.8) is 0 Å². The lowest BCUT2D eigenvalue weighted by Crippen LogP contribution is -2.45. The Labute approximate surface area is 236 Å². The molecule has 1 fully saturated rings. The van der Waals surface area contributed by atoms with E-state index in [4.69, 9.17) is 23.2 Å². The highest BCUT2D eigenvalue weighted by molar-refractivity contribution is 6.31. The third-order valence-electron chi connectivity index (χ3n) is 7.47. The first-order valence-electron chi connectivity index (χ1n) is 12.5. The lowest BCUT2D eigenvalue weighted by molar-refractivity contribution is -0.141. The fourth-order valence-corrected chi connectivity index (χ4v) is 5.84. The van der Waals surface area contributed by atoms with Gasteiger partial charge < -0.3 is 15.3 Å². The van der Waals surface area contributed by atoms with Crippen LogP contribution in [0, 0.1) is 11.7 Å². The van der Waals surface area contributed by atoms with E-state index < -0.39 is 40.7 Å². The number of fused-ring (bicyclic) bond motifs is 1. The summed E-state index contributed by atoms with van der Waals surface area (Å²) in [5.41, 5.74) is -3.74. The molecule has 5 rings (SSSR count). The molecule has 2 amide bonds. The van der Waals surface area contributed by atoms with Gasteiger partial charge in [-0.2, -0.15) is 13.2 Å². The maximum Gasteiger partial charge on any atom is 0.434 e. The minimum Gasteiger partial charge on any atom is -0.372 e. The number of halogens is 6. The molecule has 2 heterocycles. The van der Waals surface area contributed by atoms with Crippen LogP contribution in [0.5, 0.6) is 0 Å². The average Bonchev–Trinajstić information content (AvgIpc) is 3.13. The van der Waals surface area contributed by atoms with Crippen LogP contribution in [0.3, 0.4) is 0 Å². The van der Waals surface area contributed by atoms with Gasteiger partial charge in [-0.05, 0) is 49.8 Å². The number of nitrogens with one attached hydrogen (secondary N) is 1. The molecule has 0 bridgehead atoms. The lowest BCUT2D eigenvalue weighted by Gasteiger charge is -2.32. The molecular weight excluding hydrogens is 573 g/mol. The van der Waals surface area contributed by atoms with Crippen molar-refractivity contribution >= 4 is 40.7 Å². The van der Waals surface area contributed by atoms with E-state index in [9.17, 15) is 32.3 Å². The fourth-order valence-electron chi connectivity index (χ4n) is 5.51. The largest absolute Gasteiger partial charge is 0.434 e. The van der Waals surface area contributed by atoms with Crippen LogP contribution in [-0.4, -0.2) is 34.5 Å². The van der Waals surface area contributed by atoms with Gasteiger partial charge in [0.05, 0.1) is 21.3 Å². The second-order valence-corrected chi connectivity index (χ2v) is 10.8. The summed E-state index contributed by atoms with van der Waals surface area (Å²) in [7, 11) is 0. The molecule has 40 heavy (non-hydrogen) atoms. The number of hydrogen-bond donors (Lipinski definition) is 2. The predicted octanol–water partition coefficient (Wildman–Crippen LogP) is 6.12. The average molecular weight is 596 g/mol. The van der Waals surface area contributed by atoms with Gasteiger partial charge in [0, 0.05) is 29.9 Å². The van der Waals surface area contributed by atoms with Crippen LogP contribution >= 0.6 is 23.2 Å². The summed E-state index contributed by atoms with van der Waals surface area (Å²) >= 11 is 11.7. The Bertz CT molecular complexity index is 1480. The number of anilines is 1. The summed E-state index contributed by atoms with van der Waals surface area (Å²) in [6, 6.07) is 11.3. The van der Waals surface area contributed by atoms with E-state index in [2.05, 4.69) is 10.3 Å². The second kappa shape index (κ2) is 10.6. The Morgan fingerprint density at radius 3 is 2.45 bits per heavy atom. The van der Waals surface area contributed by atoms with Crippen molar-refractivity contribution in [2.75, 3.05) is 11.4 Å². The molecular formula is C28H23Cl2F4N3O3. The fraction of sp³-hybridized carbons (Fsp3) is 0.321. The molecule has 3 aromatic rings. The number of rotatable bonds is 5. The Morgan fingerprint density at radius 2 is 1.75 bits per heavy atom. The van der Waals surface area contributed by atoms with Gasteiger partial charge in [-0.15, -0.1) is 0 Å². The smallest absolute Gasteiger partial charge is 0.372 e. The van der Waals surface area contributed by atoms with Crippen LogP contribution in [0.2, 0.25) is 10.0 Å². The molecule has 0 spiro atoms. The van der Waals surface area contributed by atoms with E-state index in [0.717, 1.165) is 12.3 Å². The van der Waals surface area contributed by atoms with Gasteiger partial charge in [0.1, 0.15) is 5.82 Å². The van der Waals surface area contributed by atoms with Crippen LogP contribution in [0.25, 0.3) is 0 Å². The molecule has 1 aliphatic carbocycles. The molecule has 2 aliphatic rings. The highest BCUT2D eigenvalue weighted by Gasteiger charge is 2.52. The Morgan fingerprint density at radius 1 is 1.07 bits per heavy atom. The number of amides is 2. The Balaban J connectivity index is 1.29. The summed E-state index contributed by atoms with van der Waals surface area (Å²) in [5.74, 6) is -2.52. The van der Waals surface area contributed by atoms with Gasteiger partial charge in [-0.25, -0.2) is 9.37 Å². The van der Waals surface area contributed by atoms with Crippen molar-refractivity contribution in [1.82, 2.24) is 10.3 Å². The maximum absolute atomic E-state index is 15.0. The van der Waals surface area contributed by atoms with Crippen molar-refractivity contribution in [2.24, 2.45) is 5.92 Å². The molecule has 210 valence electrons. The summed E-state index contributed by atoms with van der Waals surface area (Å²) in [4.78, 5) is 31.1. The molecule has 12 heteroatoms. The van der Waals surface area contributed by atoms with Crippen LogP contribution in [0.4, 0.5) is 23.2 Å². The molecule has 6 nitrogen and oxygen atoms in total. The number of alkyl halides is 3. The quantitative estimate of drug-likeness (QED) is 0.348. The van der Waals surface area contributed by atoms with Gasteiger partial charge in [0.2, 0.25) is 0 Å². The highest BCUT2D eigenvalue weighted by atomic mass is 35.5. The van der Waals surface area contributed by atoms with E-state index >= 15 is 0 Å². The molecule has 0 radical (unpaired) electrons. The van der Waals surface area contributed by atoms with Crippen LogP contribution in [0.1, 0.15) is 52.9 Å². The van der Waals surface area contributed by atoms with E-state index in [-0.39, 0.29) is 39.7 Å². The zero-order chi connectivity index (χ0) is 28.8. The van der Waals surface area contributed by atoms with E-state index in [0.29, 0.717) is 31.4 Å². The van der Waals surface area contributed by atoms with Gasteiger partial charge >= 0.3 is 6.18 Å². The number of aromatic nitrogens is 1. The van der Waals surface area contributed by atoms with Crippen LogP contribution in [0.15, 0.2) is 54.7 Å². The first-order valence-corrected chi connectivity index (χ1v) is 13.3. The number of nitrogens with zero attached hydrogens (tertiary/aromatic N) is 2. The minimum absolute atomic E-state index is 0.0321. The predicted molar refractivity (Wildman–Crippen MR) is 141 cm³/mol. The maximum atomic E-state index is 15.0. The zero-order valence-electron chi connectivity index (χ0n) is 20.8. The topological polar surface area (TPSA) is 82.5 Å². The van der Waals surface area contributed by atoms with E-state index in [1.54, 1.807) is 24.3 Å². The van der Waals surface area contributed by atoms with E-state index in [1.165, 1.54) is 23.1 Å². The van der Waals surface area contributed by atoms with Gasteiger partial charge in [-0.3, -0.25) is 9.59 Å². The number of aliphatic hydroxyl groups is 1. The van der Waals surface area contributed by atoms with Crippen LogP contribution in [-0.2, 0) is 16.6 Å². The standard InChI is InChI=1S/C28H23Cl2F4N3O3/c29-16-12-18(24(35-13-16)28(32,33)34)25(38)36-17-10-8-15(9-11-17)14-37-22-7-2-1-4-19(22)27(40,26(37)39)20-5-3-6-21(30)23(20)31/h1-7,12-13,15,17,40H,8-11,14H2,(H,36,38)/t15-,17-,27?. The molecule has 0 saturated heterocycles.